The number of anilines is 2. The van der Waals surface area contributed by atoms with Crippen molar-refractivity contribution in [3.8, 4) is 0 Å². The lowest BCUT2D eigenvalue weighted by atomic mass is 10.0. The summed E-state index contributed by atoms with van der Waals surface area (Å²) in [6.45, 7) is 6.33. The summed E-state index contributed by atoms with van der Waals surface area (Å²) in [5.74, 6) is 0. The largest absolute Gasteiger partial charge is 0.389 e. The van der Waals surface area contributed by atoms with Crippen LogP contribution in [0.2, 0.25) is 0 Å². The summed E-state index contributed by atoms with van der Waals surface area (Å²) in [7, 11) is 0. The van der Waals surface area contributed by atoms with E-state index in [9.17, 15) is 0 Å². The normalized spacial score (nSPS) is 10.3. The molecule has 3 heteroatoms. The fourth-order valence-corrected chi connectivity index (χ4v) is 2.49. The van der Waals surface area contributed by atoms with E-state index in [-0.39, 0.29) is 0 Å². The molecule has 3 N–H and O–H groups in total. The maximum Gasteiger partial charge on any atom is 0.106 e. The Morgan fingerprint density at radius 2 is 1.95 bits per heavy atom. The standard InChI is InChI=1S/C17H20N2S/c1-4-13-7-5-6-12(3)16(13)19-15-10-11(2)8-9-14(15)17(18)20/h5-10,19H,4H2,1-3H3,(H2,18,20). The van der Waals surface area contributed by atoms with Gasteiger partial charge in [0.25, 0.3) is 0 Å². The van der Waals surface area contributed by atoms with E-state index in [0.717, 1.165) is 23.4 Å². The van der Waals surface area contributed by atoms with Crippen molar-refractivity contribution in [1.29, 1.82) is 0 Å². The van der Waals surface area contributed by atoms with Crippen molar-refractivity contribution in [2.75, 3.05) is 5.32 Å². The fourth-order valence-electron chi connectivity index (χ4n) is 2.31. The van der Waals surface area contributed by atoms with Gasteiger partial charge in [-0.1, -0.05) is 43.4 Å². The van der Waals surface area contributed by atoms with Gasteiger partial charge in [0.15, 0.2) is 0 Å². The number of hydrogen-bond donors (Lipinski definition) is 2. The molecular weight excluding hydrogens is 264 g/mol. The van der Waals surface area contributed by atoms with Gasteiger partial charge in [-0.05, 0) is 49.1 Å². The van der Waals surface area contributed by atoms with Crippen LogP contribution in [0.3, 0.4) is 0 Å². The van der Waals surface area contributed by atoms with Crippen molar-refractivity contribution < 1.29 is 0 Å². The van der Waals surface area contributed by atoms with Crippen LogP contribution in [-0.4, -0.2) is 4.99 Å². The van der Waals surface area contributed by atoms with Crippen LogP contribution < -0.4 is 11.1 Å². The van der Waals surface area contributed by atoms with E-state index in [4.69, 9.17) is 18.0 Å². The third kappa shape index (κ3) is 2.99. The monoisotopic (exact) mass is 284 g/mol. The van der Waals surface area contributed by atoms with Gasteiger partial charge >= 0.3 is 0 Å². The SMILES string of the molecule is CCc1cccc(C)c1Nc1cc(C)ccc1C(N)=S. The predicted octanol–water partition coefficient (Wildman–Crippen LogP) is 4.24. The highest BCUT2D eigenvalue weighted by Gasteiger charge is 2.09. The molecule has 0 spiro atoms. The zero-order valence-corrected chi connectivity index (χ0v) is 13.0. The quantitative estimate of drug-likeness (QED) is 0.825. The van der Waals surface area contributed by atoms with Gasteiger partial charge in [-0.15, -0.1) is 0 Å². The molecule has 0 unspecified atom stereocenters. The average molecular weight is 284 g/mol. The van der Waals surface area contributed by atoms with Crippen molar-refractivity contribution in [1.82, 2.24) is 0 Å². The van der Waals surface area contributed by atoms with E-state index in [2.05, 4.69) is 50.4 Å². The van der Waals surface area contributed by atoms with Crippen LogP contribution in [0.5, 0.6) is 0 Å². The molecular formula is C17H20N2S. The highest BCUT2D eigenvalue weighted by molar-refractivity contribution is 7.80. The molecule has 0 saturated carbocycles. The zero-order chi connectivity index (χ0) is 14.7. The van der Waals surface area contributed by atoms with Gasteiger partial charge < -0.3 is 11.1 Å². The second kappa shape index (κ2) is 6.06. The Bertz CT molecular complexity index is 647. The highest BCUT2D eigenvalue weighted by Crippen LogP contribution is 2.28. The van der Waals surface area contributed by atoms with Crippen LogP contribution in [0.1, 0.15) is 29.2 Å². The number of rotatable bonds is 4. The fraction of sp³-hybridized carbons (Fsp3) is 0.235. The lowest BCUT2D eigenvalue weighted by Crippen LogP contribution is -2.12. The molecule has 0 atom stereocenters. The maximum atomic E-state index is 5.82. The molecule has 0 amide bonds. The number of hydrogen-bond acceptors (Lipinski definition) is 2. The minimum atomic E-state index is 0.416. The molecule has 0 aliphatic heterocycles. The minimum absolute atomic E-state index is 0.416. The van der Waals surface area contributed by atoms with Gasteiger partial charge in [0, 0.05) is 16.9 Å². The Labute approximate surface area is 126 Å². The third-order valence-electron chi connectivity index (χ3n) is 3.44. The molecule has 2 aromatic carbocycles. The number of benzene rings is 2. The van der Waals surface area contributed by atoms with Gasteiger partial charge in [-0.25, -0.2) is 0 Å². The van der Waals surface area contributed by atoms with Crippen LogP contribution in [0.4, 0.5) is 11.4 Å². The number of para-hydroxylation sites is 1. The number of aryl methyl sites for hydroxylation is 3. The van der Waals surface area contributed by atoms with E-state index in [0.29, 0.717) is 4.99 Å². The second-order valence-electron chi connectivity index (χ2n) is 5.00. The number of nitrogens with two attached hydrogens (primary N) is 1. The third-order valence-corrected chi connectivity index (χ3v) is 3.66. The van der Waals surface area contributed by atoms with E-state index in [1.807, 2.05) is 12.1 Å². The van der Waals surface area contributed by atoms with Crippen LogP contribution in [-0.2, 0) is 6.42 Å². The molecule has 0 heterocycles. The molecule has 0 aromatic heterocycles. The first-order valence-electron chi connectivity index (χ1n) is 6.79. The summed E-state index contributed by atoms with van der Waals surface area (Å²) in [6, 6.07) is 12.4. The summed E-state index contributed by atoms with van der Waals surface area (Å²) in [5.41, 5.74) is 12.5. The molecule has 2 rings (SSSR count). The lowest BCUT2D eigenvalue weighted by Gasteiger charge is -2.17. The number of thiocarbonyl (C=S) groups is 1. The molecule has 0 bridgehead atoms. The highest BCUT2D eigenvalue weighted by atomic mass is 32.1. The summed E-state index contributed by atoms with van der Waals surface area (Å²) in [4.78, 5) is 0.416. The van der Waals surface area contributed by atoms with Crippen LogP contribution in [0, 0.1) is 13.8 Å². The van der Waals surface area contributed by atoms with Crippen LogP contribution in [0.15, 0.2) is 36.4 Å². The van der Waals surface area contributed by atoms with Crippen molar-refractivity contribution in [3.63, 3.8) is 0 Å². The van der Waals surface area contributed by atoms with Crippen molar-refractivity contribution >= 4 is 28.6 Å². The molecule has 0 saturated heterocycles. The molecule has 2 aromatic rings. The smallest absolute Gasteiger partial charge is 0.106 e. The second-order valence-corrected chi connectivity index (χ2v) is 5.44. The van der Waals surface area contributed by atoms with E-state index in [1.54, 1.807) is 0 Å². The zero-order valence-electron chi connectivity index (χ0n) is 12.2. The van der Waals surface area contributed by atoms with Crippen LogP contribution >= 0.6 is 12.2 Å². The summed E-state index contributed by atoms with van der Waals surface area (Å²) in [6.07, 6.45) is 0.984. The van der Waals surface area contributed by atoms with E-state index >= 15 is 0 Å². The molecule has 0 fully saturated rings. The topological polar surface area (TPSA) is 38.0 Å². The van der Waals surface area contributed by atoms with Crippen LogP contribution in [0.25, 0.3) is 0 Å². The maximum absolute atomic E-state index is 5.82. The molecule has 0 radical (unpaired) electrons. The van der Waals surface area contributed by atoms with Crippen molar-refractivity contribution in [3.05, 3.63) is 58.7 Å². The van der Waals surface area contributed by atoms with Gasteiger partial charge in [-0.2, -0.15) is 0 Å². The Balaban J connectivity index is 2.50. The first-order chi connectivity index (χ1) is 9.52. The number of nitrogens with one attached hydrogen (secondary N) is 1. The Kier molecular flexibility index (Phi) is 4.40. The molecule has 2 nitrogen and oxygen atoms in total. The van der Waals surface area contributed by atoms with E-state index < -0.39 is 0 Å². The molecule has 0 aliphatic carbocycles. The van der Waals surface area contributed by atoms with Gasteiger partial charge in [0.2, 0.25) is 0 Å². The minimum Gasteiger partial charge on any atom is -0.389 e. The summed E-state index contributed by atoms with van der Waals surface area (Å²) < 4.78 is 0. The van der Waals surface area contributed by atoms with Gasteiger partial charge in [0.05, 0.1) is 0 Å². The Hall–Kier alpha value is -1.87. The van der Waals surface area contributed by atoms with Gasteiger partial charge in [-0.3, -0.25) is 0 Å². The summed E-state index contributed by atoms with van der Waals surface area (Å²) in [5, 5.41) is 3.51. The van der Waals surface area contributed by atoms with Crippen molar-refractivity contribution in [2.45, 2.75) is 27.2 Å². The molecule has 20 heavy (non-hydrogen) atoms. The Morgan fingerprint density at radius 3 is 2.60 bits per heavy atom. The predicted molar refractivity (Wildman–Crippen MR) is 90.9 cm³/mol. The lowest BCUT2D eigenvalue weighted by molar-refractivity contribution is 1.13. The average Bonchev–Trinajstić information content (AvgIpc) is 2.40. The van der Waals surface area contributed by atoms with Crippen molar-refractivity contribution in [2.24, 2.45) is 5.73 Å². The summed E-state index contributed by atoms with van der Waals surface area (Å²) >= 11 is 5.14. The van der Waals surface area contributed by atoms with E-state index in [1.165, 1.54) is 16.7 Å². The first-order valence-corrected chi connectivity index (χ1v) is 7.19. The Morgan fingerprint density at radius 1 is 1.20 bits per heavy atom. The molecule has 0 aliphatic rings. The first kappa shape index (κ1) is 14.5. The van der Waals surface area contributed by atoms with Gasteiger partial charge in [0.1, 0.15) is 4.99 Å². The molecule has 104 valence electrons.